The van der Waals surface area contributed by atoms with E-state index in [-0.39, 0.29) is 25.2 Å². The van der Waals surface area contributed by atoms with Crippen LogP contribution in [0.25, 0.3) is 0 Å². The molecule has 0 aromatic heterocycles. The summed E-state index contributed by atoms with van der Waals surface area (Å²) in [5, 5.41) is 46.0. The van der Waals surface area contributed by atoms with Crippen LogP contribution in [0, 0.1) is 0 Å². The van der Waals surface area contributed by atoms with Crippen LogP contribution in [0.2, 0.25) is 0 Å². The van der Waals surface area contributed by atoms with Crippen molar-refractivity contribution in [2.75, 3.05) is 13.2 Å². The first-order valence-corrected chi connectivity index (χ1v) is 22.3. The Morgan fingerprint density at radius 3 is 1.49 bits per heavy atom. The number of carboxylic acids is 1. The molecule has 1 saturated heterocycles. The van der Waals surface area contributed by atoms with Gasteiger partial charge in [-0.15, -0.1) is 0 Å². The van der Waals surface area contributed by atoms with Crippen LogP contribution in [0.1, 0.15) is 201 Å². The Hall–Kier alpha value is -2.28. The molecule has 0 radical (unpaired) electrons. The van der Waals surface area contributed by atoms with Crippen molar-refractivity contribution in [3.8, 4) is 0 Å². The van der Waals surface area contributed by atoms with Crippen LogP contribution >= 0.6 is 0 Å². The van der Waals surface area contributed by atoms with E-state index in [1.807, 2.05) is 0 Å². The van der Waals surface area contributed by atoms with Gasteiger partial charge >= 0.3 is 5.97 Å². The zero-order chi connectivity index (χ0) is 40.7. The van der Waals surface area contributed by atoms with Gasteiger partial charge in [0.05, 0.1) is 13.0 Å². The minimum atomic E-state index is -1.57. The second kappa shape index (κ2) is 32.8. The van der Waals surface area contributed by atoms with E-state index in [9.17, 15) is 34.5 Å². The number of carbonyl (C=O) groups is 4. The van der Waals surface area contributed by atoms with E-state index in [1.165, 1.54) is 116 Å². The van der Waals surface area contributed by atoms with Crippen molar-refractivity contribution < 1.29 is 44.3 Å². The molecule has 1 aliphatic heterocycles. The molecule has 6 N–H and O–H groups in total. The number of aliphatic hydroxyl groups excluding tert-OH is 3. The maximum Gasteiger partial charge on any atom is 0.303 e. The molecule has 1 aliphatic rings. The summed E-state index contributed by atoms with van der Waals surface area (Å²) in [6.45, 7) is 5.62. The lowest BCUT2D eigenvalue weighted by Crippen LogP contribution is -2.69. The van der Waals surface area contributed by atoms with Gasteiger partial charge in [0.25, 0.3) is 0 Å². The fraction of sp³-hybridized carbons (Fsp3) is 0.907. The van der Waals surface area contributed by atoms with Crippen LogP contribution in [0.4, 0.5) is 0 Å². The smallest absolute Gasteiger partial charge is 0.303 e. The first-order valence-electron chi connectivity index (χ1n) is 22.3. The van der Waals surface area contributed by atoms with E-state index >= 15 is 0 Å². The Balaban J connectivity index is 2.80. The van der Waals surface area contributed by atoms with Gasteiger partial charge in [-0.25, -0.2) is 0 Å². The van der Waals surface area contributed by atoms with Crippen molar-refractivity contribution in [3.63, 3.8) is 0 Å². The molecule has 322 valence electrons. The van der Waals surface area contributed by atoms with Crippen LogP contribution in [-0.4, -0.2) is 98.8 Å². The average molecular weight is 784 g/mol. The Kier molecular flexibility index (Phi) is 30.2. The van der Waals surface area contributed by atoms with E-state index < -0.39 is 61.0 Å². The molecule has 0 aliphatic carbocycles. The number of ether oxygens (including phenoxy) is 1. The summed E-state index contributed by atoms with van der Waals surface area (Å²) in [6, 6.07) is -2.33. The standard InChI is InChI=1S/C43H81N3O9/c1-4-6-8-10-12-14-15-16-17-18-19-20-22-24-26-28-32-46(37(49)29-27-25-23-21-13-11-9-7-5-2)43-39(41(53)40(52)35(33-47)55-43)45-42(54)34(3)44-36(48)30-31-38(50)51/h34-35,39-41,43,47,52-53H,4-33H2,1-3H3,(H,44,48)(H,45,54)(H,50,51)/t34-,35+,39-,40+,41+,43+/m0/s1. The van der Waals surface area contributed by atoms with Crippen molar-refractivity contribution in [2.45, 2.75) is 237 Å². The van der Waals surface area contributed by atoms with Gasteiger partial charge in [0.2, 0.25) is 17.7 Å². The maximum atomic E-state index is 13.9. The van der Waals surface area contributed by atoms with Crippen LogP contribution in [0.15, 0.2) is 0 Å². The molecule has 0 bridgehead atoms. The summed E-state index contributed by atoms with van der Waals surface area (Å²) < 4.78 is 6.09. The van der Waals surface area contributed by atoms with Crippen molar-refractivity contribution >= 4 is 23.7 Å². The third kappa shape index (κ3) is 23.5. The normalized spacial score (nSPS) is 20.2. The SMILES string of the molecule is CCCCCCCCCCCCCCCCCCN(C(=O)CCCCCCCCCCC)[C@@H]1O[C@H](CO)[C@@H](O)[C@H](O)[C@@H]1NC(=O)[C@H](C)NC(=O)CCC(=O)O. The number of carboxylic acid groups (broad SMARTS) is 1. The lowest BCUT2D eigenvalue weighted by Gasteiger charge is -2.47. The lowest BCUT2D eigenvalue weighted by atomic mass is 9.94. The third-order valence-corrected chi connectivity index (χ3v) is 10.9. The van der Waals surface area contributed by atoms with Gasteiger partial charge in [-0.3, -0.25) is 19.2 Å². The molecule has 1 fully saturated rings. The molecule has 0 aromatic carbocycles. The largest absolute Gasteiger partial charge is 0.481 e. The molecule has 6 atom stereocenters. The third-order valence-electron chi connectivity index (χ3n) is 10.9. The van der Waals surface area contributed by atoms with Gasteiger partial charge in [-0.1, -0.05) is 162 Å². The lowest BCUT2D eigenvalue weighted by molar-refractivity contribution is -0.231. The Bertz CT molecular complexity index is 1020. The summed E-state index contributed by atoms with van der Waals surface area (Å²) >= 11 is 0. The predicted molar refractivity (Wildman–Crippen MR) is 217 cm³/mol. The summed E-state index contributed by atoms with van der Waals surface area (Å²) in [5.74, 6) is -2.63. The van der Waals surface area contributed by atoms with E-state index in [0.29, 0.717) is 19.4 Å². The van der Waals surface area contributed by atoms with Gasteiger partial charge in [0, 0.05) is 19.4 Å². The summed E-state index contributed by atoms with van der Waals surface area (Å²) in [5.41, 5.74) is 0. The van der Waals surface area contributed by atoms with Crippen molar-refractivity contribution in [3.05, 3.63) is 0 Å². The first-order chi connectivity index (χ1) is 26.6. The van der Waals surface area contributed by atoms with E-state index in [4.69, 9.17) is 9.84 Å². The Morgan fingerprint density at radius 2 is 1.05 bits per heavy atom. The second-order valence-electron chi connectivity index (χ2n) is 15.9. The Labute approximate surface area is 333 Å². The van der Waals surface area contributed by atoms with Crippen LogP contribution in [0.3, 0.4) is 0 Å². The van der Waals surface area contributed by atoms with Gasteiger partial charge < -0.3 is 40.7 Å². The number of nitrogens with zero attached hydrogens (tertiary/aromatic N) is 1. The van der Waals surface area contributed by atoms with Crippen LogP contribution < -0.4 is 10.6 Å². The van der Waals surface area contributed by atoms with Crippen molar-refractivity contribution in [1.29, 1.82) is 0 Å². The number of amides is 3. The molecule has 12 nitrogen and oxygen atoms in total. The number of rotatable bonds is 35. The second-order valence-corrected chi connectivity index (χ2v) is 15.9. The topological polar surface area (TPSA) is 186 Å². The highest BCUT2D eigenvalue weighted by Crippen LogP contribution is 2.26. The van der Waals surface area contributed by atoms with Gasteiger partial charge in [-0.05, 0) is 19.8 Å². The monoisotopic (exact) mass is 784 g/mol. The molecule has 0 aromatic rings. The average Bonchev–Trinajstić information content (AvgIpc) is 3.16. The van der Waals surface area contributed by atoms with Gasteiger partial charge in [0.15, 0.2) is 6.23 Å². The number of carbonyl (C=O) groups excluding carboxylic acids is 3. The summed E-state index contributed by atoms with van der Waals surface area (Å²) in [7, 11) is 0. The fourth-order valence-corrected chi connectivity index (χ4v) is 7.36. The fourth-order valence-electron chi connectivity index (χ4n) is 7.36. The van der Waals surface area contributed by atoms with E-state index in [1.54, 1.807) is 4.90 Å². The highest BCUT2D eigenvalue weighted by Gasteiger charge is 2.48. The highest BCUT2D eigenvalue weighted by atomic mass is 16.5. The van der Waals surface area contributed by atoms with Crippen molar-refractivity contribution in [1.82, 2.24) is 15.5 Å². The van der Waals surface area contributed by atoms with Crippen molar-refractivity contribution in [2.24, 2.45) is 0 Å². The maximum absolute atomic E-state index is 13.9. The zero-order valence-corrected chi connectivity index (χ0v) is 35.0. The molecule has 1 rings (SSSR count). The van der Waals surface area contributed by atoms with Gasteiger partial charge in [-0.2, -0.15) is 0 Å². The molecule has 0 unspecified atom stereocenters. The summed E-state index contributed by atoms with van der Waals surface area (Å²) in [4.78, 5) is 51.8. The molecule has 0 spiro atoms. The Morgan fingerprint density at radius 1 is 0.618 bits per heavy atom. The number of nitrogens with one attached hydrogen (secondary N) is 2. The number of hydrogen-bond donors (Lipinski definition) is 6. The number of hydrogen-bond acceptors (Lipinski definition) is 8. The predicted octanol–water partition coefficient (Wildman–Crippen LogP) is 7.29. The number of aliphatic hydroxyl groups is 3. The van der Waals surface area contributed by atoms with E-state index in [2.05, 4.69) is 24.5 Å². The zero-order valence-electron chi connectivity index (χ0n) is 35.0. The highest BCUT2D eigenvalue weighted by molar-refractivity contribution is 5.88. The quantitative estimate of drug-likeness (QED) is 0.0359. The molecular formula is C43H81N3O9. The molecule has 1 heterocycles. The first kappa shape index (κ1) is 50.7. The minimum absolute atomic E-state index is 0.177. The molecule has 55 heavy (non-hydrogen) atoms. The van der Waals surface area contributed by atoms with Crippen LogP contribution in [-0.2, 0) is 23.9 Å². The van der Waals surface area contributed by atoms with Gasteiger partial charge in [0.1, 0.15) is 30.4 Å². The molecular weight excluding hydrogens is 702 g/mol. The molecule has 3 amide bonds. The van der Waals surface area contributed by atoms with E-state index in [0.717, 1.165) is 38.5 Å². The van der Waals surface area contributed by atoms with Crippen LogP contribution in [0.5, 0.6) is 0 Å². The molecule has 0 saturated carbocycles. The summed E-state index contributed by atoms with van der Waals surface area (Å²) in [6.07, 6.45) is 23.6. The number of aliphatic carboxylic acids is 1. The number of unbranched alkanes of at least 4 members (excludes halogenated alkanes) is 23. The minimum Gasteiger partial charge on any atom is -0.481 e. The molecule has 12 heteroatoms.